The molecule has 1 heterocycles. The first-order valence-electron chi connectivity index (χ1n) is 8.96. The molecule has 0 fully saturated rings. The lowest BCUT2D eigenvalue weighted by Gasteiger charge is -2.19. The van der Waals surface area contributed by atoms with E-state index in [-0.39, 0.29) is 30.7 Å². The van der Waals surface area contributed by atoms with Crippen molar-refractivity contribution in [3.8, 4) is 5.75 Å². The first kappa shape index (κ1) is 19.9. The number of carbonyl (C=O) groups is 3. The number of hydrogen-bond acceptors (Lipinski definition) is 4. The maximum Gasteiger partial charge on any atom is 0.261 e. The van der Waals surface area contributed by atoms with Crippen molar-refractivity contribution in [1.82, 2.24) is 9.80 Å². The molecule has 0 aromatic heterocycles. The van der Waals surface area contributed by atoms with Crippen LogP contribution in [-0.2, 0) is 4.79 Å². The van der Waals surface area contributed by atoms with Crippen molar-refractivity contribution in [1.29, 1.82) is 0 Å². The molecular weight excluding hydrogens is 380 g/mol. The smallest absolute Gasteiger partial charge is 0.261 e. The zero-order chi connectivity index (χ0) is 20.3. The molecule has 6 nitrogen and oxygen atoms in total. The average molecular weight is 401 g/mol. The summed E-state index contributed by atoms with van der Waals surface area (Å²) in [5.41, 5.74) is 1.71. The molecule has 0 bridgehead atoms. The number of imide groups is 1. The number of amides is 3. The minimum absolute atomic E-state index is 0.0592. The molecule has 0 aliphatic carbocycles. The fourth-order valence-corrected chi connectivity index (χ4v) is 3.17. The van der Waals surface area contributed by atoms with Gasteiger partial charge in [-0.15, -0.1) is 0 Å². The summed E-state index contributed by atoms with van der Waals surface area (Å²) in [5, 5.41) is 0.582. The van der Waals surface area contributed by atoms with Crippen molar-refractivity contribution in [3.05, 3.63) is 64.2 Å². The largest absolute Gasteiger partial charge is 0.492 e. The molecule has 3 rings (SSSR count). The standard InChI is InChI=1S/C21H21ClN2O4/c1-14-6-7-17-18(12-14)21(27)24(20(17)26)9-8-19(25)23(2)10-11-28-16-5-3-4-15(22)13-16/h3-7,12-13H,8-11H2,1-2H3. The Bertz CT molecular complexity index is 928. The van der Waals surface area contributed by atoms with Gasteiger partial charge in [-0.05, 0) is 37.3 Å². The molecule has 2 aromatic rings. The highest BCUT2D eigenvalue weighted by Crippen LogP contribution is 2.24. The highest BCUT2D eigenvalue weighted by atomic mass is 35.5. The van der Waals surface area contributed by atoms with Crippen molar-refractivity contribution in [2.75, 3.05) is 26.7 Å². The molecule has 0 unspecified atom stereocenters. The van der Waals surface area contributed by atoms with E-state index in [0.29, 0.717) is 35.1 Å². The second-order valence-corrected chi connectivity index (χ2v) is 7.12. The van der Waals surface area contributed by atoms with Crippen molar-refractivity contribution in [2.24, 2.45) is 0 Å². The summed E-state index contributed by atoms with van der Waals surface area (Å²) in [6, 6.07) is 12.2. The van der Waals surface area contributed by atoms with Crippen LogP contribution >= 0.6 is 11.6 Å². The van der Waals surface area contributed by atoms with Crippen LogP contribution in [0.5, 0.6) is 5.75 Å². The van der Waals surface area contributed by atoms with E-state index in [1.165, 1.54) is 4.90 Å². The zero-order valence-corrected chi connectivity index (χ0v) is 16.5. The summed E-state index contributed by atoms with van der Waals surface area (Å²) >= 11 is 5.90. The highest BCUT2D eigenvalue weighted by molar-refractivity contribution is 6.30. The molecular formula is C21H21ClN2O4. The lowest BCUT2D eigenvalue weighted by Crippen LogP contribution is -2.36. The van der Waals surface area contributed by atoms with Crippen molar-refractivity contribution < 1.29 is 19.1 Å². The fraction of sp³-hybridized carbons (Fsp3) is 0.286. The third kappa shape index (κ3) is 4.34. The van der Waals surface area contributed by atoms with Crippen molar-refractivity contribution in [2.45, 2.75) is 13.3 Å². The molecule has 0 N–H and O–H groups in total. The molecule has 7 heteroatoms. The number of aryl methyl sites for hydroxylation is 1. The van der Waals surface area contributed by atoms with Gasteiger partial charge in [-0.3, -0.25) is 19.3 Å². The average Bonchev–Trinajstić information content (AvgIpc) is 2.89. The number of carbonyl (C=O) groups excluding carboxylic acids is 3. The molecule has 1 aliphatic heterocycles. The van der Waals surface area contributed by atoms with Gasteiger partial charge in [0.2, 0.25) is 5.91 Å². The van der Waals surface area contributed by atoms with Crippen LogP contribution in [0.2, 0.25) is 5.02 Å². The Morgan fingerprint density at radius 3 is 2.61 bits per heavy atom. The lowest BCUT2D eigenvalue weighted by atomic mass is 10.1. The Balaban J connectivity index is 1.48. The van der Waals surface area contributed by atoms with E-state index in [9.17, 15) is 14.4 Å². The number of fused-ring (bicyclic) bond motifs is 1. The van der Waals surface area contributed by atoms with Gasteiger partial charge in [0, 0.05) is 25.0 Å². The second kappa shape index (κ2) is 8.44. The van der Waals surface area contributed by atoms with Gasteiger partial charge in [0.15, 0.2) is 0 Å². The number of halogens is 1. The molecule has 0 radical (unpaired) electrons. The fourth-order valence-electron chi connectivity index (χ4n) is 2.99. The maximum atomic E-state index is 12.4. The molecule has 0 spiro atoms. The number of nitrogens with zero attached hydrogens (tertiary/aromatic N) is 2. The topological polar surface area (TPSA) is 66.9 Å². The highest BCUT2D eigenvalue weighted by Gasteiger charge is 2.35. The normalized spacial score (nSPS) is 12.9. The Hall–Kier alpha value is -2.86. The Morgan fingerprint density at radius 2 is 1.86 bits per heavy atom. The summed E-state index contributed by atoms with van der Waals surface area (Å²) in [5.74, 6) is -0.222. The minimum Gasteiger partial charge on any atom is -0.492 e. The molecule has 0 saturated carbocycles. The Kier molecular flexibility index (Phi) is 5.99. The predicted molar refractivity (Wildman–Crippen MR) is 106 cm³/mol. The van der Waals surface area contributed by atoms with Crippen LogP contribution < -0.4 is 4.74 Å². The molecule has 28 heavy (non-hydrogen) atoms. The van der Waals surface area contributed by atoms with Crippen molar-refractivity contribution >= 4 is 29.3 Å². The van der Waals surface area contributed by atoms with Crippen LogP contribution in [-0.4, -0.2) is 54.3 Å². The van der Waals surface area contributed by atoms with E-state index in [1.807, 2.05) is 6.92 Å². The van der Waals surface area contributed by atoms with E-state index in [0.717, 1.165) is 10.5 Å². The van der Waals surface area contributed by atoms with Gasteiger partial charge in [-0.2, -0.15) is 0 Å². The first-order valence-corrected chi connectivity index (χ1v) is 9.34. The van der Waals surface area contributed by atoms with Crippen LogP contribution in [0.15, 0.2) is 42.5 Å². The van der Waals surface area contributed by atoms with Gasteiger partial charge in [0.25, 0.3) is 11.8 Å². The number of ether oxygens (including phenoxy) is 1. The lowest BCUT2D eigenvalue weighted by molar-refractivity contribution is -0.130. The molecule has 0 atom stereocenters. The second-order valence-electron chi connectivity index (χ2n) is 6.68. The van der Waals surface area contributed by atoms with E-state index < -0.39 is 0 Å². The van der Waals surface area contributed by atoms with E-state index in [2.05, 4.69) is 0 Å². The monoisotopic (exact) mass is 400 g/mol. The summed E-state index contributed by atoms with van der Waals surface area (Å²) < 4.78 is 5.58. The molecule has 3 amide bonds. The Labute approximate surface area is 168 Å². The van der Waals surface area contributed by atoms with Gasteiger partial charge < -0.3 is 9.64 Å². The van der Waals surface area contributed by atoms with Gasteiger partial charge >= 0.3 is 0 Å². The quantitative estimate of drug-likeness (QED) is 0.669. The van der Waals surface area contributed by atoms with Gasteiger partial charge in [0.1, 0.15) is 12.4 Å². The summed E-state index contributed by atoms with van der Waals surface area (Å²) in [4.78, 5) is 39.8. The van der Waals surface area contributed by atoms with Crippen LogP contribution in [0.3, 0.4) is 0 Å². The van der Waals surface area contributed by atoms with Crippen LogP contribution in [0.1, 0.15) is 32.7 Å². The zero-order valence-electron chi connectivity index (χ0n) is 15.8. The molecule has 1 aliphatic rings. The third-order valence-electron chi connectivity index (χ3n) is 4.59. The molecule has 146 valence electrons. The van der Waals surface area contributed by atoms with E-state index >= 15 is 0 Å². The SMILES string of the molecule is Cc1ccc2c(c1)C(=O)N(CCC(=O)N(C)CCOc1cccc(Cl)c1)C2=O. The molecule has 0 saturated heterocycles. The number of rotatable bonds is 7. The summed E-state index contributed by atoms with van der Waals surface area (Å²) in [7, 11) is 1.66. The van der Waals surface area contributed by atoms with Crippen LogP contribution in [0.25, 0.3) is 0 Å². The minimum atomic E-state index is -0.347. The first-order chi connectivity index (χ1) is 13.4. The van der Waals surface area contributed by atoms with Gasteiger partial charge in [-0.25, -0.2) is 0 Å². The van der Waals surface area contributed by atoms with Crippen LogP contribution in [0, 0.1) is 6.92 Å². The third-order valence-corrected chi connectivity index (χ3v) is 4.83. The Morgan fingerprint density at radius 1 is 1.11 bits per heavy atom. The summed E-state index contributed by atoms with van der Waals surface area (Å²) in [6.07, 6.45) is 0.0676. The number of likely N-dealkylation sites (N-methyl/N-ethyl adjacent to an activating group) is 1. The maximum absolute atomic E-state index is 12.4. The van der Waals surface area contributed by atoms with Gasteiger partial charge in [0.05, 0.1) is 17.7 Å². The number of hydrogen-bond donors (Lipinski definition) is 0. The number of benzene rings is 2. The van der Waals surface area contributed by atoms with Crippen LogP contribution in [0.4, 0.5) is 0 Å². The summed E-state index contributed by atoms with van der Waals surface area (Å²) in [6.45, 7) is 2.62. The van der Waals surface area contributed by atoms with E-state index in [1.54, 1.807) is 49.5 Å². The molecule has 2 aromatic carbocycles. The van der Waals surface area contributed by atoms with Gasteiger partial charge in [-0.1, -0.05) is 29.3 Å². The van der Waals surface area contributed by atoms with Crippen molar-refractivity contribution in [3.63, 3.8) is 0 Å². The predicted octanol–water partition coefficient (Wildman–Crippen LogP) is 3.17. The van der Waals surface area contributed by atoms with E-state index in [4.69, 9.17) is 16.3 Å².